The molecule has 20 heavy (non-hydrogen) atoms. The Bertz CT molecular complexity index is 540. The van der Waals surface area contributed by atoms with E-state index in [1.54, 1.807) is 38.3 Å². The summed E-state index contributed by atoms with van der Waals surface area (Å²) in [4.78, 5) is 11.8. The number of ether oxygens (including phenoxy) is 1. The lowest BCUT2D eigenvalue weighted by Gasteiger charge is -2.18. The largest absolute Gasteiger partial charge is 0.383 e. The highest BCUT2D eigenvalue weighted by Gasteiger charge is 2.16. The Morgan fingerprint density at radius 2 is 1.90 bits per heavy atom. The Kier molecular flexibility index (Phi) is 5.97. The van der Waals surface area contributed by atoms with Crippen LogP contribution < -0.4 is 9.62 Å². The molecule has 1 rings (SSSR count). The van der Waals surface area contributed by atoms with Crippen LogP contribution in [0.25, 0.3) is 0 Å². The fourth-order valence-electron chi connectivity index (χ4n) is 1.55. The zero-order valence-corrected chi connectivity index (χ0v) is 12.7. The highest BCUT2D eigenvalue weighted by molar-refractivity contribution is 7.92. The summed E-state index contributed by atoms with van der Waals surface area (Å²) in [7, 11) is -0.233. The van der Waals surface area contributed by atoms with Crippen LogP contribution in [0.1, 0.15) is 17.3 Å². The van der Waals surface area contributed by atoms with Gasteiger partial charge in [-0.3, -0.25) is 9.10 Å². The number of nitrogens with zero attached hydrogens (tertiary/aromatic N) is 1. The number of methoxy groups -OCH3 is 1. The second-order valence-electron chi connectivity index (χ2n) is 4.16. The molecule has 0 aliphatic carbocycles. The Morgan fingerprint density at radius 1 is 1.30 bits per heavy atom. The highest BCUT2D eigenvalue weighted by atomic mass is 32.2. The third-order valence-electron chi connectivity index (χ3n) is 2.87. The molecular formula is C13H20N2O4S. The average Bonchev–Trinajstić information content (AvgIpc) is 2.46. The van der Waals surface area contributed by atoms with Gasteiger partial charge in [-0.25, -0.2) is 8.42 Å². The first-order valence-corrected chi connectivity index (χ1v) is 7.87. The van der Waals surface area contributed by atoms with Crippen LogP contribution in [-0.4, -0.2) is 47.4 Å². The molecule has 7 heteroatoms. The molecule has 112 valence electrons. The Morgan fingerprint density at radius 3 is 2.40 bits per heavy atom. The third kappa shape index (κ3) is 4.21. The maximum atomic E-state index is 11.8. The van der Waals surface area contributed by atoms with E-state index < -0.39 is 10.0 Å². The molecule has 0 saturated heterocycles. The molecule has 0 unspecified atom stereocenters. The maximum Gasteiger partial charge on any atom is 0.251 e. The summed E-state index contributed by atoms with van der Waals surface area (Å²) in [5.41, 5.74) is 1.01. The molecule has 0 saturated carbocycles. The van der Waals surface area contributed by atoms with Crippen molar-refractivity contribution in [2.45, 2.75) is 6.92 Å². The topological polar surface area (TPSA) is 75.7 Å². The van der Waals surface area contributed by atoms with Gasteiger partial charge in [-0.2, -0.15) is 0 Å². The van der Waals surface area contributed by atoms with E-state index in [9.17, 15) is 13.2 Å². The van der Waals surface area contributed by atoms with E-state index in [0.717, 1.165) is 0 Å². The summed E-state index contributed by atoms with van der Waals surface area (Å²) >= 11 is 0. The number of amides is 1. The summed E-state index contributed by atoms with van der Waals surface area (Å²) in [6.45, 7) is 2.46. The number of sulfonamides is 1. The highest BCUT2D eigenvalue weighted by Crippen LogP contribution is 2.17. The molecule has 1 N–H and O–H groups in total. The van der Waals surface area contributed by atoms with Crippen molar-refractivity contribution in [1.82, 2.24) is 5.32 Å². The monoisotopic (exact) mass is 300 g/mol. The van der Waals surface area contributed by atoms with Crippen molar-refractivity contribution in [3.63, 3.8) is 0 Å². The van der Waals surface area contributed by atoms with E-state index in [-0.39, 0.29) is 11.7 Å². The molecule has 0 radical (unpaired) electrons. The number of rotatable bonds is 7. The molecular weight excluding hydrogens is 280 g/mol. The van der Waals surface area contributed by atoms with Crippen LogP contribution >= 0.6 is 0 Å². The smallest absolute Gasteiger partial charge is 0.251 e. The third-order valence-corrected chi connectivity index (χ3v) is 4.64. The van der Waals surface area contributed by atoms with E-state index in [4.69, 9.17) is 4.74 Å². The molecule has 0 bridgehead atoms. The summed E-state index contributed by atoms with van der Waals surface area (Å²) < 4.78 is 29.5. The van der Waals surface area contributed by atoms with Crippen LogP contribution in [0.4, 0.5) is 5.69 Å². The molecule has 0 spiro atoms. The molecule has 0 atom stereocenters. The van der Waals surface area contributed by atoms with Crippen molar-refractivity contribution in [3.8, 4) is 0 Å². The molecule has 0 aromatic heterocycles. The van der Waals surface area contributed by atoms with Gasteiger partial charge in [-0.1, -0.05) is 0 Å². The van der Waals surface area contributed by atoms with Crippen molar-refractivity contribution in [3.05, 3.63) is 29.8 Å². The fraction of sp³-hybridized carbons (Fsp3) is 0.462. The first kappa shape index (κ1) is 16.5. The van der Waals surface area contributed by atoms with E-state index in [0.29, 0.717) is 24.4 Å². The van der Waals surface area contributed by atoms with Crippen LogP contribution in [0.2, 0.25) is 0 Å². The molecule has 0 fully saturated rings. The van der Waals surface area contributed by atoms with Crippen molar-refractivity contribution in [1.29, 1.82) is 0 Å². The van der Waals surface area contributed by atoms with Gasteiger partial charge in [0.15, 0.2) is 0 Å². The first-order valence-electron chi connectivity index (χ1n) is 6.26. The molecule has 0 aliphatic rings. The number of carbonyl (C=O) groups is 1. The summed E-state index contributed by atoms with van der Waals surface area (Å²) in [6.07, 6.45) is 0. The standard InChI is InChI=1S/C13H20N2O4S/c1-4-20(17,18)15(2)12-7-5-11(6-8-12)13(16)14-9-10-19-3/h5-8H,4,9-10H2,1-3H3,(H,14,16). The van der Waals surface area contributed by atoms with Crippen LogP contribution in [0, 0.1) is 0 Å². The lowest BCUT2D eigenvalue weighted by molar-refractivity contribution is 0.0937. The molecule has 1 aromatic rings. The van der Waals surface area contributed by atoms with Gasteiger partial charge in [0.1, 0.15) is 0 Å². The molecule has 0 heterocycles. The van der Waals surface area contributed by atoms with E-state index in [1.807, 2.05) is 0 Å². The van der Waals surface area contributed by atoms with Crippen LogP contribution in [-0.2, 0) is 14.8 Å². The van der Waals surface area contributed by atoms with E-state index in [2.05, 4.69) is 5.32 Å². The predicted octanol–water partition coefficient (Wildman–Crippen LogP) is 0.849. The quantitative estimate of drug-likeness (QED) is 0.757. The maximum absolute atomic E-state index is 11.8. The van der Waals surface area contributed by atoms with Crippen molar-refractivity contribution < 1.29 is 17.9 Å². The lowest BCUT2D eigenvalue weighted by Crippen LogP contribution is -2.28. The summed E-state index contributed by atoms with van der Waals surface area (Å²) in [5.74, 6) is -0.183. The van der Waals surface area contributed by atoms with Gasteiger partial charge < -0.3 is 10.1 Å². The number of anilines is 1. The molecule has 1 aromatic carbocycles. The van der Waals surface area contributed by atoms with Crippen LogP contribution in [0.15, 0.2) is 24.3 Å². The summed E-state index contributed by atoms with van der Waals surface area (Å²) in [5, 5.41) is 2.69. The van der Waals surface area contributed by atoms with Gasteiger partial charge >= 0.3 is 0 Å². The Labute approximate surface area is 119 Å². The number of carbonyl (C=O) groups excluding carboxylic acids is 1. The van der Waals surface area contributed by atoms with Crippen molar-refractivity contribution in [2.75, 3.05) is 37.4 Å². The first-order chi connectivity index (χ1) is 9.42. The SMILES string of the molecule is CCS(=O)(=O)N(C)c1ccc(C(=O)NCCOC)cc1. The summed E-state index contributed by atoms with van der Waals surface area (Å²) in [6, 6.07) is 6.41. The number of hydrogen-bond acceptors (Lipinski definition) is 4. The van der Waals surface area contributed by atoms with Crippen LogP contribution in [0.3, 0.4) is 0 Å². The molecule has 0 aliphatic heterocycles. The second kappa shape index (κ2) is 7.25. The minimum atomic E-state index is -3.29. The lowest BCUT2D eigenvalue weighted by atomic mass is 10.2. The Hall–Kier alpha value is -1.60. The van der Waals surface area contributed by atoms with Gasteiger partial charge in [-0.05, 0) is 31.2 Å². The number of benzene rings is 1. The van der Waals surface area contributed by atoms with E-state index >= 15 is 0 Å². The zero-order chi connectivity index (χ0) is 15.2. The number of hydrogen-bond donors (Lipinski definition) is 1. The predicted molar refractivity (Wildman–Crippen MR) is 78.5 cm³/mol. The van der Waals surface area contributed by atoms with Crippen molar-refractivity contribution in [2.24, 2.45) is 0 Å². The van der Waals surface area contributed by atoms with Gasteiger partial charge in [-0.15, -0.1) is 0 Å². The average molecular weight is 300 g/mol. The molecule has 6 nitrogen and oxygen atoms in total. The van der Waals surface area contributed by atoms with Gasteiger partial charge in [0, 0.05) is 26.3 Å². The molecule has 1 amide bonds. The zero-order valence-electron chi connectivity index (χ0n) is 11.9. The van der Waals surface area contributed by atoms with Gasteiger partial charge in [0.05, 0.1) is 18.0 Å². The van der Waals surface area contributed by atoms with Crippen LogP contribution in [0.5, 0.6) is 0 Å². The van der Waals surface area contributed by atoms with Gasteiger partial charge in [0.25, 0.3) is 5.91 Å². The minimum Gasteiger partial charge on any atom is -0.383 e. The van der Waals surface area contributed by atoms with Crippen molar-refractivity contribution >= 4 is 21.6 Å². The number of nitrogens with one attached hydrogen (secondary N) is 1. The van der Waals surface area contributed by atoms with Gasteiger partial charge in [0.2, 0.25) is 10.0 Å². The normalized spacial score (nSPS) is 11.2. The second-order valence-corrected chi connectivity index (χ2v) is 6.45. The minimum absolute atomic E-state index is 0.0305. The fourth-order valence-corrected chi connectivity index (χ4v) is 2.38. The van der Waals surface area contributed by atoms with E-state index in [1.165, 1.54) is 11.4 Å². The Balaban J connectivity index is 2.76.